The van der Waals surface area contributed by atoms with Gasteiger partial charge in [-0.2, -0.15) is 0 Å². The molecular weight excluding hydrogens is 344 g/mol. The van der Waals surface area contributed by atoms with Crippen LogP contribution >= 0.6 is 0 Å². The van der Waals surface area contributed by atoms with Crippen LogP contribution in [0.3, 0.4) is 0 Å². The molecule has 1 N–H and O–H groups in total. The Morgan fingerprint density at radius 2 is 1.52 bits per heavy atom. The summed E-state index contributed by atoms with van der Waals surface area (Å²) in [6, 6.07) is 10.9. The van der Waals surface area contributed by atoms with Gasteiger partial charge >= 0.3 is 0 Å². The maximum absolute atomic E-state index is 12.1. The van der Waals surface area contributed by atoms with Gasteiger partial charge < -0.3 is 19.7 Å². The Labute approximate surface area is 160 Å². The number of benzene rings is 2. The van der Waals surface area contributed by atoms with Crippen molar-refractivity contribution in [2.24, 2.45) is 0 Å². The van der Waals surface area contributed by atoms with Gasteiger partial charge in [0.15, 0.2) is 13.2 Å². The second-order valence-corrected chi connectivity index (χ2v) is 6.67. The second kappa shape index (κ2) is 9.07. The van der Waals surface area contributed by atoms with Gasteiger partial charge in [-0.25, -0.2) is 0 Å². The molecule has 6 nitrogen and oxygen atoms in total. The van der Waals surface area contributed by atoms with Gasteiger partial charge in [-0.15, -0.1) is 0 Å². The zero-order chi connectivity index (χ0) is 20.0. The summed E-state index contributed by atoms with van der Waals surface area (Å²) in [6.07, 6.45) is 0. The molecule has 0 bridgehead atoms. The third-order valence-corrected chi connectivity index (χ3v) is 3.95. The van der Waals surface area contributed by atoms with Crippen molar-refractivity contribution >= 4 is 17.5 Å². The highest BCUT2D eigenvalue weighted by atomic mass is 16.5. The van der Waals surface area contributed by atoms with Crippen LogP contribution < -0.4 is 14.8 Å². The van der Waals surface area contributed by atoms with Gasteiger partial charge in [0.1, 0.15) is 11.5 Å². The lowest BCUT2D eigenvalue weighted by Gasteiger charge is -2.13. The summed E-state index contributed by atoms with van der Waals surface area (Å²) >= 11 is 0. The van der Waals surface area contributed by atoms with E-state index in [-0.39, 0.29) is 25.0 Å². The first kappa shape index (κ1) is 20.3. The summed E-state index contributed by atoms with van der Waals surface area (Å²) in [5.74, 6) is 0.937. The van der Waals surface area contributed by atoms with E-state index in [1.54, 1.807) is 38.4 Å². The van der Waals surface area contributed by atoms with Crippen LogP contribution in [-0.2, 0) is 9.59 Å². The zero-order valence-electron chi connectivity index (χ0n) is 16.5. The summed E-state index contributed by atoms with van der Waals surface area (Å²) in [4.78, 5) is 25.1. The Hall–Kier alpha value is -3.02. The van der Waals surface area contributed by atoms with E-state index < -0.39 is 0 Å². The largest absolute Gasteiger partial charge is 0.484 e. The van der Waals surface area contributed by atoms with Gasteiger partial charge in [-0.05, 0) is 56.2 Å². The van der Waals surface area contributed by atoms with Crippen LogP contribution in [0.5, 0.6) is 11.5 Å². The fraction of sp³-hybridized carbons (Fsp3) is 0.333. The van der Waals surface area contributed by atoms with Gasteiger partial charge in [-0.1, -0.05) is 17.7 Å². The van der Waals surface area contributed by atoms with E-state index in [2.05, 4.69) is 5.32 Å². The maximum atomic E-state index is 12.1. The smallest absolute Gasteiger partial charge is 0.262 e. The number of ether oxygens (including phenoxy) is 2. The normalized spacial score (nSPS) is 10.3. The van der Waals surface area contributed by atoms with Crippen molar-refractivity contribution < 1.29 is 19.1 Å². The van der Waals surface area contributed by atoms with E-state index in [0.717, 1.165) is 22.4 Å². The number of likely N-dealkylation sites (N-methyl/N-ethyl adjacent to an activating group) is 1. The SMILES string of the molecule is Cc1cc(C)c(OCC(=O)Nc2ccc(OCC(=O)N(C)C)cc2)c(C)c1. The Bertz CT molecular complexity index is 790. The molecule has 0 aromatic heterocycles. The molecule has 0 fully saturated rings. The number of amides is 2. The average molecular weight is 370 g/mol. The molecule has 0 spiro atoms. The zero-order valence-corrected chi connectivity index (χ0v) is 16.5. The lowest BCUT2D eigenvalue weighted by Crippen LogP contribution is -2.27. The van der Waals surface area contributed by atoms with Crippen molar-refractivity contribution in [3.05, 3.63) is 53.1 Å². The summed E-state index contributed by atoms with van der Waals surface area (Å²) in [5.41, 5.74) is 3.81. The third kappa shape index (κ3) is 6.02. The molecule has 0 radical (unpaired) electrons. The number of carbonyl (C=O) groups excluding carboxylic acids is 2. The highest BCUT2D eigenvalue weighted by Crippen LogP contribution is 2.24. The van der Waals surface area contributed by atoms with E-state index >= 15 is 0 Å². The standard InChI is InChI=1S/C21H26N2O4/c1-14-10-15(2)21(16(3)11-14)27-12-19(24)22-17-6-8-18(9-7-17)26-13-20(25)23(4)5/h6-11H,12-13H2,1-5H3,(H,22,24). The van der Waals surface area contributed by atoms with E-state index in [1.165, 1.54) is 4.90 Å². The number of carbonyl (C=O) groups is 2. The fourth-order valence-electron chi connectivity index (χ4n) is 2.64. The van der Waals surface area contributed by atoms with Crippen molar-refractivity contribution in [2.75, 3.05) is 32.6 Å². The summed E-state index contributed by atoms with van der Waals surface area (Å²) in [7, 11) is 3.35. The van der Waals surface area contributed by atoms with Crippen molar-refractivity contribution in [3.63, 3.8) is 0 Å². The van der Waals surface area contributed by atoms with Crippen LogP contribution in [0.1, 0.15) is 16.7 Å². The van der Waals surface area contributed by atoms with Crippen LogP contribution in [-0.4, -0.2) is 44.0 Å². The fourth-order valence-corrected chi connectivity index (χ4v) is 2.64. The molecule has 2 aromatic rings. The average Bonchev–Trinajstić information content (AvgIpc) is 2.59. The Morgan fingerprint density at radius 3 is 2.07 bits per heavy atom. The van der Waals surface area contributed by atoms with E-state index in [0.29, 0.717) is 11.4 Å². The van der Waals surface area contributed by atoms with Crippen LogP contribution in [0.25, 0.3) is 0 Å². The number of nitrogens with zero attached hydrogens (tertiary/aromatic N) is 1. The van der Waals surface area contributed by atoms with Crippen LogP contribution in [0.4, 0.5) is 5.69 Å². The Kier molecular flexibility index (Phi) is 6.82. The number of nitrogens with one attached hydrogen (secondary N) is 1. The molecule has 6 heteroatoms. The van der Waals surface area contributed by atoms with Crippen molar-refractivity contribution in [2.45, 2.75) is 20.8 Å². The molecule has 0 aliphatic carbocycles. The van der Waals surface area contributed by atoms with Crippen molar-refractivity contribution in [1.29, 1.82) is 0 Å². The predicted octanol–water partition coefficient (Wildman–Crippen LogP) is 3.10. The number of rotatable bonds is 7. The molecule has 0 aliphatic heterocycles. The predicted molar refractivity (Wildman–Crippen MR) is 105 cm³/mol. The van der Waals surface area contributed by atoms with Gasteiger partial charge in [0.2, 0.25) is 0 Å². The molecule has 2 amide bonds. The maximum Gasteiger partial charge on any atom is 0.262 e. The molecule has 0 saturated heterocycles. The second-order valence-electron chi connectivity index (χ2n) is 6.67. The topological polar surface area (TPSA) is 67.9 Å². The van der Waals surface area contributed by atoms with Gasteiger partial charge in [0.05, 0.1) is 0 Å². The quantitative estimate of drug-likeness (QED) is 0.813. The molecule has 0 aliphatic rings. The first-order chi connectivity index (χ1) is 12.8. The highest BCUT2D eigenvalue weighted by molar-refractivity contribution is 5.92. The number of hydrogen-bond acceptors (Lipinski definition) is 4. The minimum atomic E-state index is -0.245. The van der Waals surface area contributed by atoms with Crippen molar-refractivity contribution in [3.8, 4) is 11.5 Å². The van der Waals surface area contributed by atoms with Crippen molar-refractivity contribution in [1.82, 2.24) is 4.90 Å². The number of anilines is 1. The van der Waals surface area contributed by atoms with Crippen LogP contribution in [0.2, 0.25) is 0 Å². The lowest BCUT2D eigenvalue weighted by atomic mass is 10.1. The molecule has 0 saturated carbocycles. The number of hydrogen-bond donors (Lipinski definition) is 1. The van der Waals surface area contributed by atoms with Gasteiger partial charge in [-0.3, -0.25) is 9.59 Å². The molecular formula is C21H26N2O4. The first-order valence-electron chi connectivity index (χ1n) is 8.70. The van der Waals surface area contributed by atoms with E-state index in [1.807, 2.05) is 32.9 Å². The van der Waals surface area contributed by atoms with Gasteiger partial charge in [0, 0.05) is 19.8 Å². The molecule has 27 heavy (non-hydrogen) atoms. The first-order valence-corrected chi connectivity index (χ1v) is 8.70. The van der Waals surface area contributed by atoms with Crippen LogP contribution in [0, 0.1) is 20.8 Å². The minimum absolute atomic E-state index is 0.0260. The molecule has 2 aromatic carbocycles. The summed E-state index contributed by atoms with van der Waals surface area (Å²) < 4.78 is 11.1. The van der Waals surface area contributed by atoms with Crippen LogP contribution in [0.15, 0.2) is 36.4 Å². The lowest BCUT2D eigenvalue weighted by molar-refractivity contribution is -0.130. The Morgan fingerprint density at radius 1 is 0.926 bits per heavy atom. The summed E-state index contributed by atoms with van der Waals surface area (Å²) in [6.45, 7) is 5.86. The minimum Gasteiger partial charge on any atom is -0.484 e. The molecule has 144 valence electrons. The molecule has 0 atom stereocenters. The molecule has 2 rings (SSSR count). The Balaban J connectivity index is 1.86. The summed E-state index contributed by atoms with van der Waals surface area (Å²) in [5, 5.41) is 2.78. The molecule has 0 heterocycles. The van der Waals surface area contributed by atoms with E-state index in [4.69, 9.17) is 9.47 Å². The monoisotopic (exact) mass is 370 g/mol. The number of aryl methyl sites for hydroxylation is 3. The third-order valence-electron chi connectivity index (χ3n) is 3.95. The molecule has 0 unspecified atom stereocenters. The highest BCUT2D eigenvalue weighted by Gasteiger charge is 2.09. The van der Waals surface area contributed by atoms with Gasteiger partial charge in [0.25, 0.3) is 11.8 Å². The van der Waals surface area contributed by atoms with E-state index in [9.17, 15) is 9.59 Å².